The molecule has 1 unspecified atom stereocenters. The van der Waals surface area contributed by atoms with Crippen molar-refractivity contribution in [2.24, 2.45) is 0 Å². The molecular weight excluding hydrogens is 925 g/mol. The van der Waals surface area contributed by atoms with E-state index >= 15 is 0 Å². The van der Waals surface area contributed by atoms with Crippen molar-refractivity contribution in [3.05, 3.63) is 134 Å². The average molecular weight is 1040 g/mol. The van der Waals surface area contributed by atoms with Crippen molar-refractivity contribution in [1.82, 2.24) is 0 Å². The maximum Gasteiger partial charge on any atom is 0.306 e. The van der Waals surface area contributed by atoms with Crippen molar-refractivity contribution in [3.8, 4) is 0 Å². The summed E-state index contributed by atoms with van der Waals surface area (Å²) in [5.41, 5.74) is 0. The summed E-state index contributed by atoms with van der Waals surface area (Å²) in [5.74, 6) is -0.925. The number of carbonyl (C=O) groups is 3. The number of unbranched alkanes of at least 4 members (excludes halogenated alkanes) is 21. The van der Waals surface area contributed by atoms with Crippen LogP contribution in [0.3, 0.4) is 0 Å². The fourth-order valence-electron chi connectivity index (χ4n) is 8.06. The number of esters is 3. The van der Waals surface area contributed by atoms with E-state index in [-0.39, 0.29) is 31.1 Å². The van der Waals surface area contributed by atoms with Crippen molar-refractivity contribution in [2.45, 2.75) is 271 Å². The molecule has 0 bridgehead atoms. The molecule has 0 radical (unpaired) electrons. The molecule has 0 saturated carbocycles. The highest BCUT2D eigenvalue weighted by atomic mass is 16.6. The molecular formula is C69H112O6. The molecule has 0 aromatic heterocycles. The van der Waals surface area contributed by atoms with Crippen LogP contribution in [0.1, 0.15) is 265 Å². The van der Waals surface area contributed by atoms with Crippen LogP contribution in [-0.2, 0) is 28.6 Å². The Balaban J connectivity index is 4.32. The van der Waals surface area contributed by atoms with Crippen LogP contribution in [0.25, 0.3) is 0 Å². The smallest absolute Gasteiger partial charge is 0.306 e. The van der Waals surface area contributed by atoms with Crippen molar-refractivity contribution in [1.29, 1.82) is 0 Å². The fourth-order valence-corrected chi connectivity index (χ4v) is 8.06. The number of rotatable bonds is 54. The van der Waals surface area contributed by atoms with Gasteiger partial charge in [-0.05, 0) is 128 Å². The molecule has 0 saturated heterocycles. The molecule has 0 N–H and O–H groups in total. The van der Waals surface area contributed by atoms with Gasteiger partial charge in [0.25, 0.3) is 0 Å². The highest BCUT2D eigenvalue weighted by Gasteiger charge is 2.19. The van der Waals surface area contributed by atoms with E-state index in [9.17, 15) is 14.4 Å². The SMILES string of the molecule is CC/C=C\C/C=C\C/C=C\C/C=C\C/C=C\C/C=C\C/C=C\CCCCCCCCCC(=O)OCC(COC(=O)CCCCCCC/C=C\CCCC)OC(=O)CCCCCCCCC/C=C\C/C=C\C/C=C\CC. The number of hydrogen-bond donors (Lipinski definition) is 0. The molecule has 0 aromatic rings. The highest BCUT2D eigenvalue weighted by Crippen LogP contribution is 2.14. The molecule has 0 aromatic carbocycles. The number of ether oxygens (including phenoxy) is 3. The fraction of sp³-hybridized carbons (Fsp3) is 0.638. The molecule has 424 valence electrons. The van der Waals surface area contributed by atoms with E-state index in [1.165, 1.54) is 77.0 Å². The van der Waals surface area contributed by atoms with Gasteiger partial charge < -0.3 is 14.2 Å². The zero-order valence-electron chi connectivity index (χ0n) is 48.5. The summed E-state index contributed by atoms with van der Waals surface area (Å²) in [7, 11) is 0. The highest BCUT2D eigenvalue weighted by molar-refractivity contribution is 5.71. The van der Waals surface area contributed by atoms with Gasteiger partial charge in [-0.25, -0.2) is 0 Å². The van der Waals surface area contributed by atoms with Gasteiger partial charge in [0, 0.05) is 19.3 Å². The third-order valence-electron chi connectivity index (χ3n) is 12.6. The maximum absolute atomic E-state index is 12.9. The Bertz CT molecular complexity index is 1620. The van der Waals surface area contributed by atoms with Gasteiger partial charge in [0.1, 0.15) is 13.2 Å². The lowest BCUT2D eigenvalue weighted by molar-refractivity contribution is -0.167. The minimum absolute atomic E-state index is 0.0932. The van der Waals surface area contributed by atoms with Crippen LogP contribution >= 0.6 is 0 Å². The average Bonchev–Trinajstić information content (AvgIpc) is 3.41. The van der Waals surface area contributed by atoms with Crippen LogP contribution in [-0.4, -0.2) is 37.2 Å². The molecule has 0 aliphatic heterocycles. The molecule has 0 aliphatic carbocycles. The van der Waals surface area contributed by atoms with E-state index in [0.29, 0.717) is 19.3 Å². The normalized spacial score (nSPS) is 13.1. The third-order valence-corrected chi connectivity index (χ3v) is 12.6. The van der Waals surface area contributed by atoms with Gasteiger partial charge in [0.2, 0.25) is 0 Å². The zero-order chi connectivity index (χ0) is 54.3. The topological polar surface area (TPSA) is 78.9 Å². The second kappa shape index (κ2) is 62.1. The van der Waals surface area contributed by atoms with Gasteiger partial charge >= 0.3 is 17.9 Å². The number of allylic oxidation sites excluding steroid dienone is 22. The van der Waals surface area contributed by atoms with Crippen LogP contribution in [0.4, 0.5) is 0 Å². The largest absolute Gasteiger partial charge is 0.462 e. The lowest BCUT2D eigenvalue weighted by Gasteiger charge is -2.18. The molecule has 6 heteroatoms. The number of hydrogen-bond acceptors (Lipinski definition) is 6. The molecule has 0 amide bonds. The summed E-state index contributed by atoms with van der Waals surface area (Å²) in [6.45, 7) is 6.35. The molecule has 0 fully saturated rings. The summed E-state index contributed by atoms with van der Waals surface area (Å²) in [6, 6.07) is 0. The van der Waals surface area contributed by atoms with Crippen LogP contribution in [0.15, 0.2) is 134 Å². The van der Waals surface area contributed by atoms with E-state index in [1.54, 1.807) is 0 Å². The maximum atomic E-state index is 12.9. The van der Waals surface area contributed by atoms with Gasteiger partial charge in [-0.3, -0.25) is 14.4 Å². The zero-order valence-corrected chi connectivity index (χ0v) is 48.5. The van der Waals surface area contributed by atoms with Gasteiger partial charge in [-0.1, -0.05) is 251 Å². The molecule has 0 heterocycles. The van der Waals surface area contributed by atoms with Gasteiger partial charge in [0.05, 0.1) is 0 Å². The van der Waals surface area contributed by atoms with Crippen molar-refractivity contribution in [2.75, 3.05) is 13.2 Å². The van der Waals surface area contributed by atoms with Crippen molar-refractivity contribution < 1.29 is 28.6 Å². The van der Waals surface area contributed by atoms with E-state index in [0.717, 1.165) is 148 Å². The molecule has 1 atom stereocenters. The molecule has 6 nitrogen and oxygen atoms in total. The first-order chi connectivity index (χ1) is 37.0. The molecule has 75 heavy (non-hydrogen) atoms. The van der Waals surface area contributed by atoms with Gasteiger partial charge in [0.15, 0.2) is 6.10 Å². The summed E-state index contributed by atoms with van der Waals surface area (Å²) >= 11 is 0. The van der Waals surface area contributed by atoms with Gasteiger partial charge in [-0.15, -0.1) is 0 Å². The van der Waals surface area contributed by atoms with Crippen LogP contribution in [0, 0.1) is 0 Å². The Morgan fingerprint density at radius 2 is 0.520 bits per heavy atom. The lowest BCUT2D eigenvalue weighted by atomic mass is 10.1. The van der Waals surface area contributed by atoms with Crippen molar-refractivity contribution in [3.63, 3.8) is 0 Å². The molecule has 0 rings (SSSR count). The van der Waals surface area contributed by atoms with E-state index in [4.69, 9.17) is 14.2 Å². The lowest BCUT2D eigenvalue weighted by Crippen LogP contribution is -2.30. The van der Waals surface area contributed by atoms with E-state index in [2.05, 4.69) is 154 Å². The summed E-state index contributed by atoms with van der Waals surface area (Å²) < 4.78 is 16.9. The minimum atomic E-state index is -0.796. The second-order valence-electron chi connectivity index (χ2n) is 19.8. The summed E-state index contributed by atoms with van der Waals surface area (Å²) in [6.07, 6.45) is 87.4. The first-order valence-corrected chi connectivity index (χ1v) is 30.7. The first kappa shape index (κ1) is 70.5. The molecule has 0 spiro atoms. The Morgan fingerprint density at radius 3 is 0.827 bits per heavy atom. The minimum Gasteiger partial charge on any atom is -0.462 e. The Labute approximate surface area is 462 Å². The Hall–Kier alpha value is -4.45. The summed E-state index contributed by atoms with van der Waals surface area (Å²) in [5, 5.41) is 0. The first-order valence-electron chi connectivity index (χ1n) is 30.7. The predicted molar refractivity (Wildman–Crippen MR) is 325 cm³/mol. The third kappa shape index (κ3) is 60.3. The molecule has 0 aliphatic rings. The number of carbonyl (C=O) groups excluding carboxylic acids is 3. The van der Waals surface area contributed by atoms with E-state index in [1.807, 2.05) is 0 Å². The van der Waals surface area contributed by atoms with Crippen molar-refractivity contribution >= 4 is 17.9 Å². The monoisotopic (exact) mass is 1040 g/mol. The predicted octanol–water partition coefficient (Wildman–Crippen LogP) is 21.0. The summed E-state index contributed by atoms with van der Waals surface area (Å²) in [4.78, 5) is 38.2. The second-order valence-corrected chi connectivity index (χ2v) is 19.8. The Kier molecular flexibility index (Phi) is 58.4. The van der Waals surface area contributed by atoms with Crippen LogP contribution in [0.5, 0.6) is 0 Å². The van der Waals surface area contributed by atoms with Crippen LogP contribution in [0.2, 0.25) is 0 Å². The van der Waals surface area contributed by atoms with E-state index < -0.39 is 6.10 Å². The van der Waals surface area contributed by atoms with Gasteiger partial charge in [-0.2, -0.15) is 0 Å². The standard InChI is InChI=1S/C69H112O6/c1-4-7-10-13-16-19-22-24-26-28-29-30-31-32-33-34-35-36-37-38-39-41-42-44-47-50-53-56-59-62-68(71)74-65-66(64-73-67(70)61-58-55-52-49-46-21-18-15-12-9-6-3)75-69(72)63-60-57-54-51-48-45-43-40-27-25-23-20-17-14-11-8-5-2/h7-8,10-11,15-20,24-27,29-30,32-33,35-36,38-39,66H,4-6,9,12-14,21-23,28,31,34,37,40-65H2,1-3H3/b10-7-,11-8-,18-15-,19-16-,20-17-,26-24-,27-25-,30-29-,33-32-,36-35-,39-38-. The van der Waals surface area contributed by atoms with Crippen LogP contribution < -0.4 is 0 Å². The quantitative estimate of drug-likeness (QED) is 0.0261. The Morgan fingerprint density at radius 1 is 0.280 bits per heavy atom.